The molecule has 2 atom stereocenters. The van der Waals surface area contributed by atoms with Gasteiger partial charge in [0.15, 0.2) is 0 Å². The smallest absolute Gasteiger partial charge is 0.245 e. The first-order valence-electron chi connectivity index (χ1n) is 6.41. The first-order valence-corrected chi connectivity index (χ1v) is 6.41. The van der Waals surface area contributed by atoms with E-state index in [-0.39, 0.29) is 11.9 Å². The number of nitrogens with one attached hydrogen (secondary N) is 2. The number of likely N-dealkylation sites (N-methyl/N-ethyl adjacent to an activating group) is 2. The summed E-state index contributed by atoms with van der Waals surface area (Å²) in [6.07, 6.45) is 5.69. The molecule has 0 spiro atoms. The van der Waals surface area contributed by atoms with Crippen molar-refractivity contribution in [3.8, 4) is 0 Å². The summed E-state index contributed by atoms with van der Waals surface area (Å²) in [6.45, 7) is 0.886. The average Bonchev–Trinajstić information content (AvgIpc) is 3.10. The highest BCUT2D eigenvalue weighted by Gasteiger charge is 2.39. The summed E-state index contributed by atoms with van der Waals surface area (Å²) >= 11 is 0. The first-order chi connectivity index (χ1) is 8.20. The molecule has 5 nitrogen and oxygen atoms in total. The van der Waals surface area contributed by atoms with Gasteiger partial charge in [-0.15, -0.1) is 0 Å². The lowest BCUT2D eigenvalue weighted by molar-refractivity contribution is -0.130. The van der Waals surface area contributed by atoms with Gasteiger partial charge in [0, 0.05) is 13.6 Å². The van der Waals surface area contributed by atoms with Crippen LogP contribution in [0.1, 0.15) is 19.3 Å². The number of amides is 1. The molecule has 2 N–H and O–H groups in total. The number of nitrogens with zero attached hydrogens (tertiary/aromatic N) is 2. The van der Waals surface area contributed by atoms with E-state index >= 15 is 0 Å². The maximum Gasteiger partial charge on any atom is 0.245 e. The number of carbonyl (C=O) groups is 1. The normalized spacial score (nSPS) is 33.5. The Labute approximate surface area is 102 Å². The molecule has 1 saturated heterocycles. The minimum Gasteiger partial charge on any atom is -0.309 e. The van der Waals surface area contributed by atoms with Crippen LogP contribution in [-0.2, 0) is 4.79 Å². The summed E-state index contributed by atoms with van der Waals surface area (Å²) in [6, 6.07) is 0.374. The van der Waals surface area contributed by atoms with Crippen LogP contribution in [0.25, 0.3) is 0 Å². The second kappa shape index (κ2) is 3.99. The summed E-state index contributed by atoms with van der Waals surface area (Å²) in [5.41, 5.74) is 3.51. The van der Waals surface area contributed by atoms with Crippen molar-refractivity contribution in [2.45, 2.75) is 31.3 Å². The molecule has 0 radical (unpaired) electrons. The standard InChI is InChI=1S/C12H20N4O/c1-13-9-5-6-16-11(15(2)12(9)17)7-10(14-16)8-3-4-8/h7-10,13-14H,3-6H2,1-2H3. The summed E-state index contributed by atoms with van der Waals surface area (Å²) in [4.78, 5) is 14.0. The highest BCUT2D eigenvalue weighted by Crippen LogP contribution is 2.36. The van der Waals surface area contributed by atoms with Crippen LogP contribution in [0, 0.1) is 5.92 Å². The number of rotatable bonds is 2. The SMILES string of the molecule is CNC1CCN2NC(C3CC3)C=C2N(C)C1=O. The third-order valence-electron chi connectivity index (χ3n) is 4.00. The Hall–Kier alpha value is -1.07. The van der Waals surface area contributed by atoms with Crippen LogP contribution in [0.3, 0.4) is 0 Å². The molecule has 0 bridgehead atoms. The Morgan fingerprint density at radius 2 is 2.18 bits per heavy atom. The van der Waals surface area contributed by atoms with Crippen LogP contribution >= 0.6 is 0 Å². The number of fused-ring (bicyclic) bond motifs is 1. The predicted molar refractivity (Wildman–Crippen MR) is 64.7 cm³/mol. The van der Waals surface area contributed by atoms with Gasteiger partial charge in [-0.05, 0) is 38.3 Å². The van der Waals surface area contributed by atoms with Crippen molar-refractivity contribution >= 4 is 5.91 Å². The van der Waals surface area contributed by atoms with Crippen molar-refractivity contribution in [3.63, 3.8) is 0 Å². The van der Waals surface area contributed by atoms with Gasteiger partial charge in [-0.3, -0.25) is 14.7 Å². The fourth-order valence-electron chi connectivity index (χ4n) is 2.70. The highest BCUT2D eigenvalue weighted by molar-refractivity contribution is 5.83. The Morgan fingerprint density at radius 1 is 1.41 bits per heavy atom. The number of hydrogen-bond acceptors (Lipinski definition) is 4. The van der Waals surface area contributed by atoms with E-state index in [1.165, 1.54) is 12.8 Å². The first kappa shape index (κ1) is 11.0. The van der Waals surface area contributed by atoms with E-state index in [0.717, 1.165) is 24.7 Å². The van der Waals surface area contributed by atoms with E-state index in [9.17, 15) is 4.79 Å². The molecule has 2 fully saturated rings. The minimum absolute atomic E-state index is 0.0623. The lowest BCUT2D eigenvalue weighted by atomic mass is 10.2. The van der Waals surface area contributed by atoms with Gasteiger partial charge in [-0.25, -0.2) is 5.43 Å². The molecule has 1 aliphatic carbocycles. The zero-order chi connectivity index (χ0) is 12.0. The average molecular weight is 236 g/mol. The van der Waals surface area contributed by atoms with Crippen LogP contribution in [-0.4, -0.2) is 48.5 Å². The topological polar surface area (TPSA) is 47.6 Å². The zero-order valence-corrected chi connectivity index (χ0v) is 10.4. The van der Waals surface area contributed by atoms with Crippen molar-refractivity contribution in [2.24, 2.45) is 5.92 Å². The Balaban J connectivity index is 1.82. The molecule has 3 rings (SSSR count). The molecule has 2 heterocycles. The van der Waals surface area contributed by atoms with E-state index in [4.69, 9.17) is 0 Å². The van der Waals surface area contributed by atoms with E-state index < -0.39 is 0 Å². The monoisotopic (exact) mass is 236 g/mol. The molecular weight excluding hydrogens is 216 g/mol. The number of hydrazine groups is 1. The highest BCUT2D eigenvalue weighted by atomic mass is 16.2. The third-order valence-corrected chi connectivity index (χ3v) is 4.00. The largest absolute Gasteiger partial charge is 0.309 e. The molecule has 5 heteroatoms. The molecule has 2 aliphatic heterocycles. The van der Waals surface area contributed by atoms with Crippen LogP contribution in [0.2, 0.25) is 0 Å². The molecule has 0 aromatic heterocycles. The third kappa shape index (κ3) is 1.83. The van der Waals surface area contributed by atoms with Crippen LogP contribution < -0.4 is 10.7 Å². The van der Waals surface area contributed by atoms with Gasteiger partial charge < -0.3 is 5.32 Å². The molecule has 17 heavy (non-hydrogen) atoms. The molecular formula is C12H20N4O. The molecule has 0 aromatic carbocycles. The second-order valence-corrected chi connectivity index (χ2v) is 5.20. The Bertz CT molecular complexity index is 364. The molecule has 1 amide bonds. The van der Waals surface area contributed by atoms with E-state index in [0.29, 0.717) is 6.04 Å². The molecule has 0 aromatic rings. The summed E-state index contributed by atoms with van der Waals surface area (Å²) in [5.74, 6) is 1.97. The zero-order valence-electron chi connectivity index (χ0n) is 10.4. The maximum atomic E-state index is 12.2. The van der Waals surface area contributed by atoms with Crippen molar-refractivity contribution in [2.75, 3.05) is 20.6 Å². The second-order valence-electron chi connectivity index (χ2n) is 5.20. The fourth-order valence-corrected chi connectivity index (χ4v) is 2.70. The van der Waals surface area contributed by atoms with Crippen LogP contribution in [0.4, 0.5) is 0 Å². The number of hydrogen-bond donors (Lipinski definition) is 2. The molecule has 1 saturated carbocycles. The lowest BCUT2D eigenvalue weighted by Crippen LogP contribution is -2.42. The van der Waals surface area contributed by atoms with Gasteiger partial charge in [-0.1, -0.05) is 0 Å². The van der Waals surface area contributed by atoms with Crippen LogP contribution in [0.5, 0.6) is 0 Å². The van der Waals surface area contributed by atoms with Gasteiger partial charge in [-0.2, -0.15) is 0 Å². The van der Waals surface area contributed by atoms with Crippen molar-refractivity contribution in [1.29, 1.82) is 0 Å². The molecule has 3 aliphatic rings. The Morgan fingerprint density at radius 3 is 2.82 bits per heavy atom. The van der Waals surface area contributed by atoms with Gasteiger partial charge in [0.05, 0.1) is 12.1 Å². The number of carbonyl (C=O) groups excluding carboxylic acids is 1. The van der Waals surface area contributed by atoms with Gasteiger partial charge in [0.2, 0.25) is 5.91 Å². The van der Waals surface area contributed by atoms with Gasteiger partial charge in [0.1, 0.15) is 5.82 Å². The van der Waals surface area contributed by atoms with Crippen molar-refractivity contribution in [1.82, 2.24) is 20.7 Å². The quantitative estimate of drug-likeness (QED) is 0.701. The summed E-state index contributed by atoms with van der Waals surface area (Å²) in [5, 5.41) is 5.22. The van der Waals surface area contributed by atoms with Crippen LogP contribution in [0.15, 0.2) is 11.9 Å². The minimum atomic E-state index is -0.0623. The van der Waals surface area contributed by atoms with Gasteiger partial charge >= 0.3 is 0 Å². The Kier molecular flexibility index (Phi) is 2.60. The van der Waals surface area contributed by atoms with E-state index in [1.807, 2.05) is 14.1 Å². The van der Waals surface area contributed by atoms with Crippen molar-refractivity contribution in [3.05, 3.63) is 11.9 Å². The summed E-state index contributed by atoms with van der Waals surface area (Å²) in [7, 11) is 3.72. The lowest BCUT2D eigenvalue weighted by Gasteiger charge is -2.25. The van der Waals surface area contributed by atoms with Crippen molar-refractivity contribution < 1.29 is 4.79 Å². The molecule has 94 valence electrons. The van der Waals surface area contributed by atoms with E-state index in [1.54, 1.807) is 4.90 Å². The fraction of sp³-hybridized carbons (Fsp3) is 0.750. The maximum absolute atomic E-state index is 12.2. The van der Waals surface area contributed by atoms with E-state index in [2.05, 4.69) is 21.8 Å². The predicted octanol–water partition coefficient (Wildman–Crippen LogP) is -0.123. The molecule has 2 unspecified atom stereocenters. The van der Waals surface area contributed by atoms with Gasteiger partial charge in [0.25, 0.3) is 0 Å². The summed E-state index contributed by atoms with van der Waals surface area (Å²) < 4.78 is 0.